The number of hydrogen-bond acceptors (Lipinski definition) is 20. The Bertz CT molecular complexity index is 4560. The number of aromatic amines is 2. The monoisotopic (exact) mass is 1770 g/mol. The second kappa shape index (κ2) is 51.5. The molecular formula is C88H134N22O17. The van der Waals surface area contributed by atoms with Crippen molar-refractivity contribution in [3.63, 3.8) is 0 Å². The Morgan fingerprint density at radius 1 is 0.457 bits per heavy atom. The minimum atomic E-state index is -1.78. The van der Waals surface area contributed by atoms with Gasteiger partial charge in [-0.1, -0.05) is 115 Å². The van der Waals surface area contributed by atoms with E-state index >= 15 is 0 Å². The molecule has 0 aliphatic carbocycles. The summed E-state index contributed by atoms with van der Waals surface area (Å²) < 4.78 is 0. The molecule has 17 atom stereocenters. The minimum Gasteiger partial charge on any atom is -0.480 e. The highest BCUT2D eigenvalue weighted by atomic mass is 16.4. The van der Waals surface area contributed by atoms with E-state index in [0.717, 1.165) is 16.5 Å². The van der Waals surface area contributed by atoms with Gasteiger partial charge in [0.25, 0.3) is 0 Å². The molecule has 3 aromatic carbocycles. The van der Waals surface area contributed by atoms with Gasteiger partial charge in [0, 0.05) is 60.1 Å². The summed E-state index contributed by atoms with van der Waals surface area (Å²) >= 11 is 0. The van der Waals surface area contributed by atoms with E-state index in [1.54, 1.807) is 102 Å². The van der Waals surface area contributed by atoms with Gasteiger partial charge in [0.2, 0.25) is 82.7 Å². The number of aliphatic carboxylic acids is 1. The first kappa shape index (κ1) is 104. The van der Waals surface area contributed by atoms with Crippen LogP contribution in [0.25, 0.3) is 21.8 Å². The first-order valence-electron chi connectivity index (χ1n) is 43.8. The number of nitrogens with zero attached hydrogens (tertiary/aromatic N) is 1. The summed E-state index contributed by atoms with van der Waals surface area (Å²) in [7, 11) is 0. The average molecular weight is 1770 g/mol. The van der Waals surface area contributed by atoms with Crippen molar-refractivity contribution < 1.29 is 82.1 Å². The number of fused-ring (bicyclic) bond motifs is 2. The van der Waals surface area contributed by atoms with Crippen molar-refractivity contribution in [1.82, 2.24) is 89.3 Å². The molecule has 39 nitrogen and oxygen atoms in total. The normalized spacial score (nSPS) is 16.4. The number of carbonyl (C=O) groups excluding carboxylic acids is 14. The lowest BCUT2D eigenvalue weighted by atomic mass is 9.97. The number of likely N-dealkylation sites (tertiary alicyclic amines) is 1. The zero-order valence-corrected chi connectivity index (χ0v) is 74.5. The van der Waals surface area contributed by atoms with Crippen molar-refractivity contribution in [2.24, 2.45) is 40.7 Å². The average Bonchev–Trinajstić information content (AvgIpc) is 1.71. The molecule has 0 bridgehead atoms. The van der Waals surface area contributed by atoms with Gasteiger partial charge in [-0.05, 0) is 178 Å². The topological polar surface area (TPSA) is 628 Å². The number of carbonyl (C=O) groups is 15. The van der Waals surface area contributed by atoms with Gasteiger partial charge in [0.15, 0.2) is 5.96 Å². The zero-order chi connectivity index (χ0) is 93.9. The maximum atomic E-state index is 14.9. The minimum absolute atomic E-state index is 0.0301. The standard InChI is InChI=1S/C88H134N22O17/c1-12-49(6)71(86(125)110-39-25-35-70(110)84(123)100-53(10)87(126)127)108-75(114)52(9)97-77(116)63(32-20-22-36-89)102-82(121)67(41-48(4)5)104-74(113)51(8)99-81(120)68(43-56-45-95-61-30-18-16-28-58(56)61)106-78(117)64(33-21-23-37-90)101-73(112)50(7)98-80(119)66(40-47(2)3)107-85(124)72(54(11)111)109-79(118)65(34-24-38-94-88(92)93)103-83(122)69(44-57-46-96-62-31-19-17-29-59(57)62)105-76(115)60(91)42-55-26-14-13-15-27-55/h13-19,26-31,45-54,60,63-72,95-96,111H,12,20-25,32-44,89-91H2,1-11H3,(H,97,116)(H,98,119)(H,99,120)(H,100,123)(H,101,112)(H,102,121)(H,103,122)(H,104,113)(H,105,115)(H,106,117)(H,107,124)(H,108,114)(H,109,118)(H,126,127)(H4,92,93,94)/t49-,50-,51-,52-,53-,54+,60-,63-,64-,65-,66-,67-,68-,69-,70-,71-,72-/m0/s1. The summed E-state index contributed by atoms with van der Waals surface area (Å²) in [6, 6.07) is 3.45. The van der Waals surface area contributed by atoms with Gasteiger partial charge in [-0.3, -0.25) is 77.3 Å². The fourth-order valence-electron chi connectivity index (χ4n) is 14.7. The predicted molar refractivity (Wildman–Crippen MR) is 477 cm³/mol. The van der Waals surface area contributed by atoms with Crippen LogP contribution in [0.2, 0.25) is 0 Å². The molecule has 127 heavy (non-hydrogen) atoms. The Balaban J connectivity index is 1.15. The Kier molecular flexibility index (Phi) is 42.0. The van der Waals surface area contributed by atoms with Gasteiger partial charge in [-0.25, -0.2) is 0 Å². The molecule has 698 valence electrons. The Morgan fingerprint density at radius 3 is 1.32 bits per heavy atom. The maximum absolute atomic E-state index is 14.9. The van der Waals surface area contributed by atoms with Crippen molar-refractivity contribution in [2.75, 3.05) is 26.2 Å². The molecule has 1 aliphatic heterocycles. The quantitative estimate of drug-likeness (QED) is 0.0133. The summed E-state index contributed by atoms with van der Waals surface area (Å²) in [5, 5.41) is 67.1. The fraction of sp³-hybridized carbons (Fsp3) is 0.568. The Morgan fingerprint density at radius 2 is 0.850 bits per heavy atom. The molecule has 0 radical (unpaired) electrons. The molecule has 39 heteroatoms. The van der Waals surface area contributed by atoms with E-state index in [0.29, 0.717) is 54.1 Å². The number of nitrogens with one attached hydrogen (secondary N) is 17. The Labute approximate surface area is 740 Å². The summed E-state index contributed by atoms with van der Waals surface area (Å²) in [6.45, 7) is 17.9. The number of benzene rings is 3. The molecule has 3 heterocycles. The summed E-state index contributed by atoms with van der Waals surface area (Å²) in [5.41, 5.74) is 27.1. The lowest BCUT2D eigenvalue weighted by Crippen LogP contribution is -2.62. The third kappa shape index (κ3) is 32.7. The van der Waals surface area contributed by atoms with Crippen LogP contribution in [0.15, 0.2) is 91.3 Å². The molecule has 0 saturated carbocycles. The van der Waals surface area contributed by atoms with E-state index in [-0.39, 0.29) is 115 Å². The van der Waals surface area contributed by atoms with Crippen molar-refractivity contribution in [2.45, 2.75) is 276 Å². The van der Waals surface area contributed by atoms with E-state index in [1.165, 1.54) is 39.5 Å². The highest BCUT2D eigenvalue weighted by Gasteiger charge is 2.42. The molecular weight excluding hydrogens is 1640 g/mol. The third-order valence-corrected chi connectivity index (χ3v) is 22.2. The highest BCUT2D eigenvalue weighted by Crippen LogP contribution is 2.25. The lowest BCUT2D eigenvalue weighted by molar-refractivity contribution is -0.145. The van der Waals surface area contributed by atoms with Crippen LogP contribution in [0.3, 0.4) is 0 Å². The third-order valence-electron chi connectivity index (χ3n) is 22.2. The van der Waals surface area contributed by atoms with Crippen LogP contribution >= 0.6 is 0 Å². The number of aromatic nitrogens is 2. The van der Waals surface area contributed by atoms with Crippen LogP contribution < -0.4 is 97.4 Å². The molecule has 6 rings (SSSR count). The molecule has 0 unspecified atom stereocenters. The lowest BCUT2D eigenvalue weighted by Gasteiger charge is -2.32. The van der Waals surface area contributed by atoms with E-state index < -0.39 is 191 Å². The molecule has 5 aromatic rings. The van der Waals surface area contributed by atoms with Gasteiger partial charge >= 0.3 is 5.97 Å². The molecule has 2 aromatic heterocycles. The molecule has 1 fully saturated rings. The van der Waals surface area contributed by atoms with E-state index in [1.807, 2.05) is 30.3 Å². The predicted octanol–water partition coefficient (Wildman–Crippen LogP) is -0.498. The van der Waals surface area contributed by atoms with Gasteiger partial charge in [0.05, 0.1) is 12.1 Å². The summed E-state index contributed by atoms with van der Waals surface area (Å²) in [5.74, 6) is -14.0. The van der Waals surface area contributed by atoms with Crippen molar-refractivity contribution in [3.05, 3.63) is 108 Å². The molecule has 14 amide bonds. The van der Waals surface area contributed by atoms with Crippen molar-refractivity contribution in [3.8, 4) is 0 Å². The van der Waals surface area contributed by atoms with Crippen LogP contribution in [0, 0.1) is 23.2 Å². The fourth-order valence-corrected chi connectivity index (χ4v) is 14.7. The largest absolute Gasteiger partial charge is 0.480 e. The van der Waals surface area contributed by atoms with E-state index in [9.17, 15) is 82.1 Å². The van der Waals surface area contributed by atoms with E-state index in [2.05, 4.69) is 84.4 Å². The van der Waals surface area contributed by atoms with Crippen molar-refractivity contribution >= 4 is 116 Å². The first-order valence-corrected chi connectivity index (χ1v) is 43.8. The number of guanidine groups is 1. The highest BCUT2D eigenvalue weighted by molar-refractivity contribution is 6.01. The number of carboxylic acid groups (broad SMARTS) is 1. The number of nitrogens with two attached hydrogens (primary N) is 4. The van der Waals surface area contributed by atoms with Gasteiger partial charge in [0.1, 0.15) is 84.6 Å². The molecule has 1 saturated heterocycles. The number of aliphatic hydroxyl groups is 1. The van der Waals surface area contributed by atoms with Crippen LogP contribution in [-0.2, 0) is 91.2 Å². The molecule has 0 spiro atoms. The number of amides is 14. The smallest absolute Gasteiger partial charge is 0.325 e. The second-order valence-electron chi connectivity index (χ2n) is 33.7. The number of rotatable bonds is 53. The SMILES string of the molecule is CC[C@H](C)[C@H](NC(=O)[C@H](C)NC(=O)[C@H](CCCCN)NC(=O)[C@H](CC(C)C)NC(=O)[C@H](C)NC(=O)[C@H](Cc1c[nH]c2ccccc12)NC(=O)[C@H](CCCCN)NC(=O)[C@H](C)NC(=O)[C@H](CC(C)C)NC(=O)[C@@H](NC(=O)[C@H](CCCNC(=N)N)NC(=O)[C@H](Cc1c[nH]c2ccccc12)NC(=O)[C@@H](N)Cc1ccccc1)[C@@H](C)O)C(=O)N1CCC[C@H]1C(=O)N[C@@H](C)C(=O)O. The van der Waals surface area contributed by atoms with Gasteiger partial charge in [-0.2, -0.15) is 0 Å². The number of carboxylic acids is 1. The van der Waals surface area contributed by atoms with Crippen LogP contribution in [0.5, 0.6) is 0 Å². The number of hydrogen-bond donors (Lipinski definition) is 23. The first-order chi connectivity index (χ1) is 60.2. The number of H-pyrrole nitrogens is 2. The Hall–Kier alpha value is -12.1. The zero-order valence-electron chi connectivity index (χ0n) is 74.5. The van der Waals surface area contributed by atoms with Crippen LogP contribution in [-0.4, -0.2) is 243 Å². The van der Waals surface area contributed by atoms with E-state index in [4.69, 9.17) is 28.3 Å². The summed E-state index contributed by atoms with van der Waals surface area (Å²) in [4.78, 5) is 220. The van der Waals surface area contributed by atoms with Crippen molar-refractivity contribution in [1.29, 1.82) is 5.41 Å². The van der Waals surface area contributed by atoms with Crippen LogP contribution in [0.1, 0.15) is 176 Å². The maximum Gasteiger partial charge on any atom is 0.325 e. The van der Waals surface area contributed by atoms with Gasteiger partial charge < -0.3 is 122 Å². The number of aliphatic hydroxyl groups excluding tert-OH is 1. The second-order valence-corrected chi connectivity index (χ2v) is 33.7. The number of para-hydroxylation sites is 2. The molecule has 1 aliphatic rings. The molecule has 27 N–H and O–H groups in total. The number of unbranched alkanes of at least 4 members (excludes halogenated alkanes) is 2. The summed E-state index contributed by atoms with van der Waals surface area (Å²) in [6.07, 6.45) is 4.15. The van der Waals surface area contributed by atoms with Crippen LogP contribution in [0.4, 0.5) is 0 Å². The van der Waals surface area contributed by atoms with Gasteiger partial charge in [-0.15, -0.1) is 0 Å².